The summed E-state index contributed by atoms with van der Waals surface area (Å²) in [5.41, 5.74) is -0.0417. The van der Waals surface area contributed by atoms with Gasteiger partial charge in [-0.3, -0.25) is 9.59 Å². The van der Waals surface area contributed by atoms with E-state index in [0.717, 1.165) is 12.0 Å². The Morgan fingerprint density at radius 1 is 1.40 bits per heavy atom. The standard InChI is InChI=1S/C10H10N2O3/c1-2-6-3-4-7-8(5-6)12(15)10(14)9(13)11-7/h3-5,15H,2H2,1H3,(H,11,13). The third-order valence-electron chi connectivity index (χ3n) is 2.33. The quantitative estimate of drug-likeness (QED) is 0.526. The molecule has 0 spiro atoms. The van der Waals surface area contributed by atoms with E-state index in [1.165, 1.54) is 0 Å². The summed E-state index contributed by atoms with van der Waals surface area (Å²) in [4.78, 5) is 24.6. The first-order valence-electron chi connectivity index (χ1n) is 4.60. The van der Waals surface area contributed by atoms with Gasteiger partial charge in [0.15, 0.2) is 0 Å². The molecule has 0 saturated heterocycles. The average Bonchev–Trinajstić information content (AvgIpc) is 2.26. The van der Waals surface area contributed by atoms with Crippen molar-refractivity contribution >= 4 is 11.0 Å². The van der Waals surface area contributed by atoms with Crippen LogP contribution in [0.2, 0.25) is 0 Å². The number of fused-ring (bicyclic) bond motifs is 1. The minimum atomic E-state index is -0.962. The minimum absolute atomic E-state index is 0.318. The van der Waals surface area contributed by atoms with Crippen LogP contribution in [0.4, 0.5) is 0 Å². The van der Waals surface area contributed by atoms with Crippen LogP contribution in [0.3, 0.4) is 0 Å². The number of aromatic amines is 1. The molecule has 1 heterocycles. The third-order valence-corrected chi connectivity index (χ3v) is 2.33. The van der Waals surface area contributed by atoms with Gasteiger partial charge in [-0.25, -0.2) is 0 Å². The molecule has 0 aliphatic heterocycles. The molecule has 2 rings (SSSR count). The van der Waals surface area contributed by atoms with Gasteiger partial charge in [0.25, 0.3) is 0 Å². The molecule has 2 aromatic rings. The second kappa shape index (κ2) is 3.27. The summed E-state index contributed by atoms with van der Waals surface area (Å²) in [5.74, 6) is 0. The van der Waals surface area contributed by atoms with E-state index >= 15 is 0 Å². The van der Waals surface area contributed by atoms with E-state index in [-0.39, 0.29) is 0 Å². The zero-order valence-electron chi connectivity index (χ0n) is 8.15. The Morgan fingerprint density at radius 3 is 2.80 bits per heavy atom. The number of nitrogens with one attached hydrogen (secondary N) is 1. The molecule has 78 valence electrons. The van der Waals surface area contributed by atoms with E-state index in [0.29, 0.717) is 15.8 Å². The van der Waals surface area contributed by atoms with Crippen LogP contribution in [0.25, 0.3) is 11.0 Å². The molecule has 5 nitrogen and oxygen atoms in total. The molecule has 0 unspecified atom stereocenters. The highest BCUT2D eigenvalue weighted by Crippen LogP contribution is 2.10. The maximum Gasteiger partial charge on any atom is 0.348 e. The molecule has 0 aliphatic carbocycles. The van der Waals surface area contributed by atoms with Gasteiger partial charge in [0.1, 0.15) is 5.52 Å². The highest BCUT2D eigenvalue weighted by atomic mass is 16.5. The SMILES string of the molecule is CCc1ccc2[nH]c(=O)c(=O)n(O)c2c1. The van der Waals surface area contributed by atoms with Crippen LogP contribution in [0, 0.1) is 0 Å². The molecule has 1 aromatic heterocycles. The third kappa shape index (κ3) is 1.41. The van der Waals surface area contributed by atoms with Crippen molar-refractivity contribution in [1.29, 1.82) is 0 Å². The molecule has 15 heavy (non-hydrogen) atoms. The number of H-pyrrole nitrogens is 1. The van der Waals surface area contributed by atoms with Crippen LogP contribution in [0.1, 0.15) is 12.5 Å². The van der Waals surface area contributed by atoms with Crippen molar-refractivity contribution in [3.8, 4) is 0 Å². The van der Waals surface area contributed by atoms with Crippen LogP contribution in [-0.2, 0) is 6.42 Å². The largest absolute Gasteiger partial charge is 0.425 e. The number of hydrogen-bond donors (Lipinski definition) is 2. The first kappa shape index (κ1) is 9.51. The van der Waals surface area contributed by atoms with Gasteiger partial charge in [-0.1, -0.05) is 13.0 Å². The maximum absolute atomic E-state index is 11.2. The number of nitrogens with zero attached hydrogens (tertiary/aromatic N) is 1. The minimum Gasteiger partial charge on any atom is -0.425 e. The van der Waals surface area contributed by atoms with Crippen LogP contribution >= 0.6 is 0 Å². The van der Waals surface area contributed by atoms with Crippen molar-refractivity contribution in [2.45, 2.75) is 13.3 Å². The van der Waals surface area contributed by atoms with Gasteiger partial charge in [-0.2, -0.15) is 0 Å². The fourth-order valence-electron chi connectivity index (χ4n) is 1.46. The molecule has 0 radical (unpaired) electrons. The number of hydrogen-bond acceptors (Lipinski definition) is 3. The Balaban J connectivity index is 2.94. The Labute approximate surface area is 84.6 Å². The topological polar surface area (TPSA) is 75.1 Å². The lowest BCUT2D eigenvalue weighted by molar-refractivity contribution is 0.186. The maximum atomic E-state index is 11.2. The lowest BCUT2D eigenvalue weighted by Gasteiger charge is -2.03. The van der Waals surface area contributed by atoms with E-state index < -0.39 is 11.1 Å². The zero-order chi connectivity index (χ0) is 11.0. The molecule has 1 aromatic carbocycles. The van der Waals surface area contributed by atoms with Crippen LogP contribution < -0.4 is 11.1 Å². The van der Waals surface area contributed by atoms with Gasteiger partial charge < -0.3 is 10.2 Å². The number of rotatable bonds is 1. The van der Waals surface area contributed by atoms with E-state index in [4.69, 9.17) is 0 Å². The van der Waals surface area contributed by atoms with E-state index in [2.05, 4.69) is 4.98 Å². The Hall–Kier alpha value is -2.04. The fourth-order valence-corrected chi connectivity index (χ4v) is 1.46. The number of benzene rings is 1. The Kier molecular flexibility index (Phi) is 2.07. The predicted molar refractivity (Wildman–Crippen MR) is 55.4 cm³/mol. The predicted octanol–water partition coefficient (Wildman–Crippen LogP) is 0.490. The van der Waals surface area contributed by atoms with Crippen molar-refractivity contribution < 1.29 is 5.21 Å². The van der Waals surface area contributed by atoms with Gasteiger partial charge in [0.2, 0.25) is 0 Å². The van der Waals surface area contributed by atoms with Crippen molar-refractivity contribution in [1.82, 2.24) is 9.71 Å². The summed E-state index contributed by atoms with van der Waals surface area (Å²) < 4.78 is 0.382. The molecule has 0 atom stereocenters. The number of aryl methyl sites for hydroxylation is 1. The van der Waals surface area contributed by atoms with Crippen molar-refractivity contribution in [3.63, 3.8) is 0 Å². The molecule has 5 heteroatoms. The summed E-state index contributed by atoms with van der Waals surface area (Å²) in [6.07, 6.45) is 0.795. The van der Waals surface area contributed by atoms with Gasteiger partial charge in [0, 0.05) is 0 Å². The molecule has 0 fully saturated rings. The molecule has 0 saturated carbocycles. The van der Waals surface area contributed by atoms with Crippen LogP contribution in [0.15, 0.2) is 27.8 Å². The Bertz CT molecular complexity index is 625. The first-order chi connectivity index (χ1) is 7.13. The van der Waals surface area contributed by atoms with Crippen LogP contribution in [-0.4, -0.2) is 14.9 Å². The Morgan fingerprint density at radius 2 is 2.13 bits per heavy atom. The fraction of sp³-hybridized carbons (Fsp3) is 0.200. The van der Waals surface area contributed by atoms with Crippen molar-refractivity contribution in [3.05, 3.63) is 44.5 Å². The lowest BCUT2D eigenvalue weighted by Crippen LogP contribution is -2.35. The lowest BCUT2D eigenvalue weighted by atomic mass is 10.1. The monoisotopic (exact) mass is 206 g/mol. The van der Waals surface area contributed by atoms with E-state index in [9.17, 15) is 14.8 Å². The van der Waals surface area contributed by atoms with Crippen molar-refractivity contribution in [2.75, 3.05) is 0 Å². The van der Waals surface area contributed by atoms with Gasteiger partial charge in [-0.05, 0) is 24.1 Å². The molecular formula is C10H10N2O3. The summed E-state index contributed by atoms with van der Waals surface area (Å²) in [6.45, 7) is 1.96. The molecule has 0 amide bonds. The second-order valence-electron chi connectivity index (χ2n) is 3.28. The summed E-state index contributed by atoms with van der Waals surface area (Å²) >= 11 is 0. The molecule has 2 N–H and O–H groups in total. The van der Waals surface area contributed by atoms with Crippen molar-refractivity contribution in [2.24, 2.45) is 0 Å². The second-order valence-corrected chi connectivity index (χ2v) is 3.28. The molecule has 0 aliphatic rings. The smallest absolute Gasteiger partial charge is 0.348 e. The van der Waals surface area contributed by atoms with Gasteiger partial charge >= 0.3 is 11.1 Å². The normalized spacial score (nSPS) is 10.7. The molecular weight excluding hydrogens is 196 g/mol. The summed E-state index contributed by atoms with van der Waals surface area (Å²) in [5, 5.41) is 9.44. The highest BCUT2D eigenvalue weighted by Gasteiger charge is 2.06. The first-order valence-corrected chi connectivity index (χ1v) is 4.60. The molecule has 0 bridgehead atoms. The van der Waals surface area contributed by atoms with E-state index in [1.807, 2.05) is 13.0 Å². The number of aromatic nitrogens is 2. The highest BCUT2D eigenvalue weighted by molar-refractivity contribution is 5.74. The van der Waals surface area contributed by atoms with Gasteiger partial charge in [-0.15, -0.1) is 4.73 Å². The van der Waals surface area contributed by atoms with E-state index in [1.54, 1.807) is 12.1 Å². The average molecular weight is 206 g/mol. The zero-order valence-corrected chi connectivity index (χ0v) is 8.15. The van der Waals surface area contributed by atoms with Crippen LogP contribution in [0.5, 0.6) is 0 Å². The van der Waals surface area contributed by atoms with Gasteiger partial charge in [0.05, 0.1) is 5.52 Å². The summed E-state index contributed by atoms with van der Waals surface area (Å²) in [6, 6.07) is 5.18. The summed E-state index contributed by atoms with van der Waals surface area (Å²) in [7, 11) is 0.